The predicted octanol–water partition coefficient (Wildman–Crippen LogP) is 3.49. The molecule has 1 unspecified atom stereocenters. The SMILES string of the molecule is CC1CCn2c(-c3ccccc3O)nc(Cl)c2C1. The summed E-state index contributed by atoms with van der Waals surface area (Å²) in [6.45, 7) is 3.15. The smallest absolute Gasteiger partial charge is 0.150 e. The zero-order chi connectivity index (χ0) is 12.7. The van der Waals surface area contributed by atoms with Crippen LogP contribution in [0.5, 0.6) is 5.75 Å². The Morgan fingerprint density at radius 2 is 2.17 bits per heavy atom. The van der Waals surface area contributed by atoms with Gasteiger partial charge in [-0.25, -0.2) is 4.98 Å². The van der Waals surface area contributed by atoms with E-state index in [1.165, 1.54) is 0 Å². The van der Waals surface area contributed by atoms with Gasteiger partial charge in [0.05, 0.1) is 11.3 Å². The second-order valence-corrected chi connectivity index (χ2v) is 5.30. The van der Waals surface area contributed by atoms with Crippen LogP contribution in [-0.4, -0.2) is 14.7 Å². The van der Waals surface area contributed by atoms with Crippen LogP contribution in [-0.2, 0) is 13.0 Å². The number of hydrogen-bond acceptors (Lipinski definition) is 2. The number of phenols is 1. The van der Waals surface area contributed by atoms with Gasteiger partial charge in [-0.3, -0.25) is 0 Å². The maximum absolute atomic E-state index is 9.93. The van der Waals surface area contributed by atoms with Gasteiger partial charge in [0.2, 0.25) is 0 Å². The van der Waals surface area contributed by atoms with Crippen molar-refractivity contribution in [3.05, 3.63) is 35.1 Å². The molecule has 1 aliphatic heterocycles. The molecule has 2 aromatic rings. The topological polar surface area (TPSA) is 38.0 Å². The molecule has 94 valence electrons. The summed E-state index contributed by atoms with van der Waals surface area (Å²) in [5.74, 6) is 1.67. The molecule has 2 heterocycles. The molecule has 1 aromatic heterocycles. The molecular formula is C14H15ClN2O. The molecule has 1 N–H and O–H groups in total. The number of benzene rings is 1. The number of fused-ring (bicyclic) bond motifs is 1. The Kier molecular flexibility index (Phi) is 2.78. The fourth-order valence-electron chi connectivity index (χ4n) is 2.54. The van der Waals surface area contributed by atoms with Gasteiger partial charge in [-0.15, -0.1) is 0 Å². The molecule has 0 bridgehead atoms. The molecule has 3 nitrogen and oxygen atoms in total. The monoisotopic (exact) mass is 262 g/mol. The molecule has 0 amide bonds. The average molecular weight is 263 g/mol. The third-order valence-corrected chi connectivity index (χ3v) is 3.86. The second-order valence-electron chi connectivity index (χ2n) is 4.94. The number of halogens is 1. The van der Waals surface area contributed by atoms with Gasteiger partial charge in [0.25, 0.3) is 0 Å². The lowest BCUT2D eigenvalue weighted by molar-refractivity contribution is 0.418. The highest BCUT2D eigenvalue weighted by Crippen LogP contribution is 2.35. The van der Waals surface area contributed by atoms with Crippen LogP contribution in [0.1, 0.15) is 19.0 Å². The van der Waals surface area contributed by atoms with Crippen molar-refractivity contribution in [1.29, 1.82) is 0 Å². The first-order valence-corrected chi connectivity index (χ1v) is 6.58. The summed E-state index contributed by atoms with van der Waals surface area (Å²) in [6.07, 6.45) is 2.08. The predicted molar refractivity (Wildman–Crippen MR) is 71.8 cm³/mol. The van der Waals surface area contributed by atoms with Crippen LogP contribution in [0, 0.1) is 5.92 Å². The van der Waals surface area contributed by atoms with E-state index in [0.717, 1.165) is 36.5 Å². The first-order valence-electron chi connectivity index (χ1n) is 6.20. The minimum atomic E-state index is 0.251. The van der Waals surface area contributed by atoms with Gasteiger partial charge in [0.1, 0.15) is 11.6 Å². The second kappa shape index (κ2) is 4.32. The normalized spacial score (nSPS) is 18.7. The summed E-state index contributed by atoms with van der Waals surface area (Å²) in [7, 11) is 0. The van der Waals surface area contributed by atoms with E-state index in [9.17, 15) is 5.11 Å². The molecule has 1 aromatic carbocycles. The molecule has 18 heavy (non-hydrogen) atoms. The number of rotatable bonds is 1. The van der Waals surface area contributed by atoms with Crippen molar-refractivity contribution in [2.75, 3.05) is 0 Å². The summed E-state index contributed by atoms with van der Waals surface area (Å²) < 4.78 is 2.14. The van der Waals surface area contributed by atoms with E-state index in [-0.39, 0.29) is 5.75 Å². The summed E-state index contributed by atoms with van der Waals surface area (Å²) in [4.78, 5) is 4.43. The molecule has 3 rings (SSSR count). The van der Waals surface area contributed by atoms with E-state index >= 15 is 0 Å². The number of aromatic hydroxyl groups is 1. The molecule has 0 aliphatic carbocycles. The Bertz CT molecular complexity index is 591. The standard InChI is InChI=1S/C14H15ClN2O/c1-9-6-7-17-11(8-9)13(15)16-14(17)10-4-2-3-5-12(10)18/h2-5,9,18H,6-8H2,1H3. The quantitative estimate of drug-likeness (QED) is 0.854. The largest absolute Gasteiger partial charge is 0.507 e. The van der Waals surface area contributed by atoms with Crippen LogP contribution in [0.4, 0.5) is 0 Å². The molecule has 1 aliphatic rings. The first-order chi connectivity index (χ1) is 8.66. The van der Waals surface area contributed by atoms with Crippen molar-refractivity contribution in [3.63, 3.8) is 0 Å². The van der Waals surface area contributed by atoms with Crippen LogP contribution < -0.4 is 0 Å². The van der Waals surface area contributed by atoms with Gasteiger partial charge < -0.3 is 9.67 Å². The Morgan fingerprint density at radius 1 is 1.39 bits per heavy atom. The van der Waals surface area contributed by atoms with E-state index in [4.69, 9.17) is 11.6 Å². The highest BCUT2D eigenvalue weighted by atomic mass is 35.5. The van der Waals surface area contributed by atoms with Gasteiger partial charge in [-0.05, 0) is 30.9 Å². The van der Waals surface area contributed by atoms with Gasteiger partial charge >= 0.3 is 0 Å². The fraction of sp³-hybridized carbons (Fsp3) is 0.357. The number of imidazole rings is 1. The molecule has 0 spiro atoms. The maximum atomic E-state index is 9.93. The third kappa shape index (κ3) is 1.79. The molecule has 0 saturated heterocycles. The molecule has 1 atom stereocenters. The Balaban J connectivity index is 2.15. The first kappa shape index (κ1) is 11.6. The van der Waals surface area contributed by atoms with Crippen molar-refractivity contribution < 1.29 is 5.11 Å². The van der Waals surface area contributed by atoms with Crippen LogP contribution in [0.25, 0.3) is 11.4 Å². The maximum Gasteiger partial charge on any atom is 0.150 e. The van der Waals surface area contributed by atoms with Crippen LogP contribution in [0.2, 0.25) is 5.15 Å². The van der Waals surface area contributed by atoms with E-state index in [1.54, 1.807) is 6.07 Å². The lowest BCUT2D eigenvalue weighted by atomic mass is 9.98. The van der Waals surface area contributed by atoms with Crippen LogP contribution >= 0.6 is 11.6 Å². The third-order valence-electron chi connectivity index (χ3n) is 3.56. The fourth-order valence-corrected chi connectivity index (χ4v) is 2.80. The number of nitrogens with zero attached hydrogens (tertiary/aromatic N) is 2. The summed E-state index contributed by atoms with van der Waals surface area (Å²) in [6, 6.07) is 7.26. The number of hydrogen-bond donors (Lipinski definition) is 1. The highest BCUT2D eigenvalue weighted by molar-refractivity contribution is 6.30. The Hall–Kier alpha value is -1.48. The van der Waals surface area contributed by atoms with Gasteiger partial charge in [-0.2, -0.15) is 0 Å². The summed E-state index contributed by atoms with van der Waals surface area (Å²) >= 11 is 6.22. The van der Waals surface area contributed by atoms with E-state index in [0.29, 0.717) is 11.1 Å². The lowest BCUT2D eigenvalue weighted by Crippen LogP contribution is -2.17. The van der Waals surface area contributed by atoms with E-state index < -0.39 is 0 Å². The van der Waals surface area contributed by atoms with Crippen molar-refractivity contribution in [2.24, 2.45) is 5.92 Å². The molecular weight excluding hydrogens is 248 g/mol. The van der Waals surface area contributed by atoms with Crippen molar-refractivity contribution in [3.8, 4) is 17.1 Å². The van der Waals surface area contributed by atoms with Gasteiger partial charge in [-0.1, -0.05) is 30.7 Å². The van der Waals surface area contributed by atoms with Crippen molar-refractivity contribution >= 4 is 11.6 Å². The number of aromatic nitrogens is 2. The zero-order valence-electron chi connectivity index (χ0n) is 10.2. The van der Waals surface area contributed by atoms with Crippen LogP contribution in [0.3, 0.4) is 0 Å². The Labute approximate surface area is 111 Å². The van der Waals surface area contributed by atoms with Crippen molar-refractivity contribution in [1.82, 2.24) is 9.55 Å². The number of para-hydroxylation sites is 1. The van der Waals surface area contributed by atoms with Crippen LogP contribution in [0.15, 0.2) is 24.3 Å². The minimum Gasteiger partial charge on any atom is -0.507 e. The lowest BCUT2D eigenvalue weighted by Gasteiger charge is -2.22. The van der Waals surface area contributed by atoms with Gasteiger partial charge in [0, 0.05) is 6.54 Å². The zero-order valence-corrected chi connectivity index (χ0v) is 11.0. The van der Waals surface area contributed by atoms with E-state index in [2.05, 4.69) is 16.5 Å². The summed E-state index contributed by atoms with van der Waals surface area (Å²) in [5.41, 5.74) is 1.84. The molecule has 4 heteroatoms. The Morgan fingerprint density at radius 3 is 2.94 bits per heavy atom. The highest BCUT2D eigenvalue weighted by Gasteiger charge is 2.24. The average Bonchev–Trinajstić information content (AvgIpc) is 2.67. The van der Waals surface area contributed by atoms with Crippen molar-refractivity contribution in [2.45, 2.75) is 26.3 Å². The minimum absolute atomic E-state index is 0.251. The molecule has 0 saturated carbocycles. The number of phenolic OH excluding ortho intramolecular Hbond substituents is 1. The molecule has 0 fully saturated rings. The molecule has 0 radical (unpaired) electrons. The summed E-state index contributed by atoms with van der Waals surface area (Å²) in [5, 5.41) is 10.5. The van der Waals surface area contributed by atoms with E-state index in [1.807, 2.05) is 18.2 Å². The van der Waals surface area contributed by atoms with Gasteiger partial charge in [0.15, 0.2) is 5.15 Å².